The van der Waals surface area contributed by atoms with Crippen LogP contribution in [0.25, 0.3) is 0 Å². The average Bonchev–Trinajstić information content (AvgIpc) is 0.811. The van der Waals surface area contributed by atoms with E-state index in [1.807, 2.05) is 0 Å². The van der Waals surface area contributed by atoms with Crippen LogP contribution in [0, 0.1) is 0 Å². The van der Waals surface area contributed by atoms with Gasteiger partial charge in [-0.05, 0) is 0 Å². The maximum Gasteiger partial charge on any atom is 1.00 e. The Bertz CT molecular complexity index is 42.8. The van der Waals surface area contributed by atoms with E-state index in [2.05, 4.69) is 0 Å². The van der Waals surface area contributed by atoms with Crippen molar-refractivity contribution in [2.45, 2.75) is 0 Å². The topological polar surface area (TPSA) is 57.5 Å². The normalized spacial score (nSPS) is 3.43. The monoisotopic (exact) mass is 158 g/mol. The second-order valence-corrected chi connectivity index (χ2v) is 0.283. The van der Waals surface area contributed by atoms with Gasteiger partial charge in [-0.15, -0.1) is 17.0 Å². The zero-order valence-corrected chi connectivity index (χ0v) is 5.92. The Morgan fingerprint density at radius 1 is 1.29 bits per heavy atom. The first-order valence-electron chi connectivity index (χ1n) is 0.651. The largest absolute Gasteiger partial charge is 1.00 e. The van der Waals surface area contributed by atoms with E-state index in [4.69, 9.17) is 15.0 Å². The van der Waals surface area contributed by atoms with Crippen molar-refractivity contribution in [3.8, 4) is 0 Å². The van der Waals surface area contributed by atoms with E-state index in [9.17, 15) is 0 Å². The minimum absolute atomic E-state index is 0. The summed E-state index contributed by atoms with van der Waals surface area (Å²) < 4.78 is 0. The minimum Gasteiger partial charge on any atom is -1.00 e. The zero-order chi connectivity index (χ0) is 3.58. The predicted octanol–water partition coefficient (Wildman–Crippen LogP) is -4.97. The number of hydrogen-bond acceptors (Lipinski definition) is 1. The van der Waals surface area contributed by atoms with E-state index in [1.54, 1.807) is 0 Å². The summed E-state index contributed by atoms with van der Waals surface area (Å²) in [6.45, 7) is 0. The molecule has 0 heterocycles. The predicted molar refractivity (Wildman–Crippen MR) is 23.2 cm³/mol. The molecule has 0 aromatic carbocycles. The van der Waals surface area contributed by atoms with Gasteiger partial charge in [0.05, 0.1) is 0 Å². The summed E-state index contributed by atoms with van der Waals surface area (Å²) >= 11 is 0. The molecule has 7 heavy (non-hydrogen) atoms. The van der Waals surface area contributed by atoms with Gasteiger partial charge in [0.1, 0.15) is 0 Å². The van der Waals surface area contributed by atoms with Crippen LogP contribution in [0.15, 0.2) is 0 Å². The standard InChI is InChI=1S/CH2O3.BrH.2Li.2H/c2-1(3)4;;;;;/h(H2,2,3,4);1H;;;;/q;;2*+1;2*-1. The van der Waals surface area contributed by atoms with Gasteiger partial charge in [-0.3, -0.25) is 0 Å². The molecule has 0 spiro atoms. The van der Waals surface area contributed by atoms with Gasteiger partial charge in [0, 0.05) is 0 Å². The Balaban J connectivity index is -0.00000000450. The van der Waals surface area contributed by atoms with Crippen molar-refractivity contribution in [2.24, 2.45) is 0 Å². The number of carboxylic acid groups (broad SMARTS) is 2. The van der Waals surface area contributed by atoms with E-state index in [1.165, 1.54) is 0 Å². The second-order valence-electron chi connectivity index (χ2n) is 0.283. The van der Waals surface area contributed by atoms with Gasteiger partial charge in [0.15, 0.2) is 0 Å². The third-order valence-electron chi connectivity index (χ3n) is 0. The molecule has 0 fully saturated rings. The van der Waals surface area contributed by atoms with Crippen LogP contribution in [0.4, 0.5) is 4.79 Å². The first-order valence-corrected chi connectivity index (χ1v) is 0.651. The summed E-state index contributed by atoms with van der Waals surface area (Å²) in [5.41, 5.74) is 0. The molecule has 0 radical (unpaired) electrons. The maximum absolute atomic E-state index is 8.56. The summed E-state index contributed by atoms with van der Waals surface area (Å²) in [4.78, 5) is 8.56. The van der Waals surface area contributed by atoms with Gasteiger partial charge in [-0.25, -0.2) is 4.79 Å². The Morgan fingerprint density at radius 3 is 1.29 bits per heavy atom. The molecular formula is CH5BrLi2O3. The fourth-order valence-electron chi connectivity index (χ4n) is 0. The van der Waals surface area contributed by atoms with E-state index in [-0.39, 0.29) is 57.6 Å². The van der Waals surface area contributed by atoms with Crippen LogP contribution >= 0.6 is 17.0 Å². The van der Waals surface area contributed by atoms with Gasteiger partial charge in [-0.1, -0.05) is 0 Å². The van der Waals surface area contributed by atoms with Crippen molar-refractivity contribution >= 4 is 23.1 Å². The Kier molecular flexibility index (Phi) is 55.5. The fraction of sp³-hybridized carbons (Fsp3) is 0. The molecule has 0 saturated heterocycles. The van der Waals surface area contributed by atoms with Gasteiger partial charge in [0.25, 0.3) is 0 Å². The van der Waals surface area contributed by atoms with Crippen LogP contribution in [0.5, 0.6) is 0 Å². The van der Waals surface area contributed by atoms with E-state index in [0.717, 1.165) is 0 Å². The summed E-state index contributed by atoms with van der Waals surface area (Å²) in [7, 11) is 0. The number of carbonyl (C=O) groups is 1. The summed E-state index contributed by atoms with van der Waals surface area (Å²) in [5, 5.41) is 13.9. The summed E-state index contributed by atoms with van der Waals surface area (Å²) in [5.74, 6) is 0. The number of halogens is 1. The van der Waals surface area contributed by atoms with Crippen molar-refractivity contribution in [3.05, 3.63) is 0 Å². The first kappa shape index (κ1) is 24.6. The molecule has 0 rings (SSSR count). The Hall–Kier alpha value is 0.945. The van der Waals surface area contributed by atoms with Gasteiger partial charge >= 0.3 is 43.9 Å². The van der Waals surface area contributed by atoms with Crippen molar-refractivity contribution in [1.29, 1.82) is 0 Å². The van der Waals surface area contributed by atoms with Gasteiger partial charge < -0.3 is 13.1 Å². The molecular weight excluding hydrogens is 154 g/mol. The summed E-state index contributed by atoms with van der Waals surface area (Å²) in [6, 6.07) is 0. The Morgan fingerprint density at radius 2 is 1.29 bits per heavy atom. The Labute approximate surface area is 78.6 Å². The van der Waals surface area contributed by atoms with Crippen LogP contribution in [0.1, 0.15) is 2.85 Å². The van der Waals surface area contributed by atoms with Crippen LogP contribution in [-0.2, 0) is 0 Å². The molecule has 0 aromatic heterocycles. The van der Waals surface area contributed by atoms with E-state index < -0.39 is 6.16 Å². The van der Waals surface area contributed by atoms with Crippen molar-refractivity contribution < 1.29 is 55.6 Å². The van der Waals surface area contributed by atoms with Crippen LogP contribution in [0.2, 0.25) is 0 Å². The van der Waals surface area contributed by atoms with E-state index >= 15 is 0 Å². The van der Waals surface area contributed by atoms with Gasteiger partial charge in [-0.2, -0.15) is 0 Å². The SMILES string of the molecule is Br.O=C(O)O.[H-].[H-].[Li+].[Li+]. The number of rotatable bonds is 0. The molecule has 0 saturated carbocycles. The van der Waals surface area contributed by atoms with Crippen molar-refractivity contribution in [3.63, 3.8) is 0 Å². The second kappa shape index (κ2) is 15.8. The molecule has 6 heteroatoms. The molecule has 0 atom stereocenters. The van der Waals surface area contributed by atoms with Crippen LogP contribution in [-0.4, -0.2) is 16.4 Å². The fourth-order valence-corrected chi connectivity index (χ4v) is 0. The van der Waals surface area contributed by atoms with Crippen LogP contribution in [0.3, 0.4) is 0 Å². The smallest absolute Gasteiger partial charge is 1.00 e. The third-order valence-corrected chi connectivity index (χ3v) is 0. The quantitative estimate of drug-likeness (QED) is 0.348. The average molecular weight is 159 g/mol. The van der Waals surface area contributed by atoms with Crippen LogP contribution < -0.4 is 37.7 Å². The molecule has 2 N–H and O–H groups in total. The van der Waals surface area contributed by atoms with Crippen molar-refractivity contribution in [1.82, 2.24) is 0 Å². The molecule has 0 aromatic rings. The van der Waals surface area contributed by atoms with Gasteiger partial charge in [0.2, 0.25) is 0 Å². The molecule has 0 aliphatic carbocycles. The first-order chi connectivity index (χ1) is 1.73. The molecule has 0 bridgehead atoms. The molecule has 0 unspecified atom stereocenters. The number of hydrogen-bond donors (Lipinski definition) is 2. The molecule has 3 nitrogen and oxygen atoms in total. The molecule has 0 aliphatic rings. The zero-order valence-electron chi connectivity index (χ0n) is 6.21. The maximum atomic E-state index is 8.56. The summed E-state index contributed by atoms with van der Waals surface area (Å²) in [6.07, 6.45) is -1.83. The van der Waals surface area contributed by atoms with Crippen molar-refractivity contribution in [2.75, 3.05) is 0 Å². The minimum atomic E-state index is -1.83. The molecule has 0 amide bonds. The van der Waals surface area contributed by atoms with E-state index in [0.29, 0.717) is 0 Å². The third kappa shape index (κ3) is 190. The molecule has 36 valence electrons. The molecule has 0 aliphatic heterocycles.